The van der Waals surface area contributed by atoms with Gasteiger partial charge in [0, 0.05) is 32.0 Å². The zero-order valence-electron chi connectivity index (χ0n) is 16.4. The summed E-state index contributed by atoms with van der Waals surface area (Å²) in [7, 11) is 1.71. The van der Waals surface area contributed by atoms with Gasteiger partial charge in [0.2, 0.25) is 11.8 Å². The molecule has 6 heteroatoms. The van der Waals surface area contributed by atoms with Gasteiger partial charge in [0.05, 0.1) is 6.61 Å². The highest BCUT2D eigenvalue weighted by Gasteiger charge is 2.38. The van der Waals surface area contributed by atoms with Gasteiger partial charge in [0.15, 0.2) is 0 Å². The van der Waals surface area contributed by atoms with Crippen LogP contribution in [0.3, 0.4) is 0 Å². The van der Waals surface area contributed by atoms with Crippen molar-refractivity contribution in [2.75, 3.05) is 33.4 Å². The first-order valence-corrected chi connectivity index (χ1v) is 9.85. The zero-order chi connectivity index (χ0) is 19.3. The minimum absolute atomic E-state index is 0.0138. The molecule has 2 heterocycles. The summed E-state index contributed by atoms with van der Waals surface area (Å²) in [6, 6.07) is 7.75. The fourth-order valence-corrected chi connectivity index (χ4v) is 4.12. The molecule has 0 spiro atoms. The number of aryl methyl sites for hydroxylation is 1. The number of carbonyl (C=O) groups excluding carboxylic acids is 2. The van der Waals surface area contributed by atoms with E-state index in [0.29, 0.717) is 32.5 Å². The Labute approximate surface area is 161 Å². The quantitative estimate of drug-likeness (QED) is 0.762. The number of hydrogen-bond acceptors (Lipinski definition) is 4. The molecule has 2 N–H and O–H groups in total. The molecule has 3 rings (SSSR count). The van der Waals surface area contributed by atoms with Crippen LogP contribution < -0.4 is 10.6 Å². The van der Waals surface area contributed by atoms with Gasteiger partial charge >= 0.3 is 0 Å². The lowest BCUT2D eigenvalue weighted by molar-refractivity contribution is -0.136. The van der Waals surface area contributed by atoms with E-state index >= 15 is 0 Å². The molecule has 1 aromatic rings. The Hall–Kier alpha value is -1.92. The summed E-state index contributed by atoms with van der Waals surface area (Å²) in [5, 5.41) is 6.49. The minimum atomic E-state index is -0.375. The first-order valence-electron chi connectivity index (χ1n) is 9.85. The molecular formula is C21H31N3O3. The Kier molecular flexibility index (Phi) is 6.50. The van der Waals surface area contributed by atoms with Crippen molar-refractivity contribution in [2.24, 2.45) is 5.41 Å². The molecule has 0 aliphatic carbocycles. The highest BCUT2D eigenvalue weighted by atomic mass is 16.5. The second-order valence-electron chi connectivity index (χ2n) is 7.96. The van der Waals surface area contributed by atoms with Gasteiger partial charge in [-0.1, -0.05) is 29.8 Å². The van der Waals surface area contributed by atoms with Crippen molar-refractivity contribution in [3.8, 4) is 0 Å². The fourth-order valence-electron chi connectivity index (χ4n) is 4.12. The van der Waals surface area contributed by atoms with E-state index in [0.717, 1.165) is 31.5 Å². The average molecular weight is 373 g/mol. The second kappa shape index (κ2) is 8.85. The van der Waals surface area contributed by atoms with Crippen molar-refractivity contribution in [3.63, 3.8) is 0 Å². The van der Waals surface area contributed by atoms with Crippen molar-refractivity contribution in [1.29, 1.82) is 0 Å². The van der Waals surface area contributed by atoms with Gasteiger partial charge in [-0.2, -0.15) is 0 Å². The first-order chi connectivity index (χ1) is 13.0. The third-order valence-corrected chi connectivity index (χ3v) is 5.86. The van der Waals surface area contributed by atoms with Gasteiger partial charge in [0.1, 0.15) is 6.04 Å². The van der Waals surface area contributed by atoms with Crippen LogP contribution in [-0.2, 0) is 20.9 Å². The van der Waals surface area contributed by atoms with E-state index < -0.39 is 0 Å². The Balaban J connectivity index is 1.62. The fraction of sp³-hybridized carbons (Fsp3) is 0.619. The molecule has 1 aromatic carbocycles. The lowest BCUT2D eigenvalue weighted by Gasteiger charge is -2.37. The molecule has 0 aromatic heterocycles. The van der Waals surface area contributed by atoms with Crippen LogP contribution in [0.25, 0.3) is 0 Å². The number of methoxy groups -OCH3 is 1. The Morgan fingerprint density at radius 2 is 2.00 bits per heavy atom. The topological polar surface area (TPSA) is 70.7 Å². The van der Waals surface area contributed by atoms with Crippen molar-refractivity contribution in [1.82, 2.24) is 15.5 Å². The molecule has 148 valence electrons. The predicted molar refractivity (Wildman–Crippen MR) is 104 cm³/mol. The number of benzene rings is 1. The molecule has 27 heavy (non-hydrogen) atoms. The van der Waals surface area contributed by atoms with Crippen LogP contribution in [0.2, 0.25) is 0 Å². The van der Waals surface area contributed by atoms with E-state index in [1.165, 1.54) is 5.56 Å². The molecule has 0 bridgehead atoms. The summed E-state index contributed by atoms with van der Waals surface area (Å²) in [6.45, 7) is 5.67. The van der Waals surface area contributed by atoms with Crippen LogP contribution in [0.5, 0.6) is 0 Å². The summed E-state index contributed by atoms with van der Waals surface area (Å²) in [6.07, 6.45) is 3.00. The summed E-state index contributed by atoms with van der Waals surface area (Å²) in [5.41, 5.74) is 2.23. The minimum Gasteiger partial charge on any atom is -0.384 e. The van der Waals surface area contributed by atoms with Crippen molar-refractivity contribution in [2.45, 2.75) is 45.2 Å². The Morgan fingerprint density at radius 1 is 1.30 bits per heavy atom. The smallest absolute Gasteiger partial charge is 0.242 e. The number of rotatable bonds is 7. The number of nitrogens with one attached hydrogen (secondary N) is 2. The first kappa shape index (κ1) is 19.8. The van der Waals surface area contributed by atoms with Gasteiger partial charge in [-0.3, -0.25) is 9.59 Å². The van der Waals surface area contributed by atoms with E-state index in [1.807, 2.05) is 31.2 Å². The van der Waals surface area contributed by atoms with Crippen LogP contribution in [0, 0.1) is 12.3 Å². The highest BCUT2D eigenvalue weighted by molar-refractivity contribution is 5.90. The highest BCUT2D eigenvalue weighted by Crippen LogP contribution is 2.29. The van der Waals surface area contributed by atoms with E-state index in [-0.39, 0.29) is 23.3 Å². The summed E-state index contributed by atoms with van der Waals surface area (Å²) in [4.78, 5) is 27.0. The SMILES string of the molecule is COCC1(CNC(=O)C2CCC(=O)N2Cc2ccc(C)cc2)CCNCC1. The molecule has 2 amide bonds. The number of ether oxygens (including phenoxy) is 1. The molecule has 1 atom stereocenters. The van der Waals surface area contributed by atoms with Crippen LogP contribution in [0.4, 0.5) is 0 Å². The third-order valence-electron chi connectivity index (χ3n) is 5.86. The van der Waals surface area contributed by atoms with Crippen molar-refractivity contribution < 1.29 is 14.3 Å². The van der Waals surface area contributed by atoms with Crippen molar-refractivity contribution >= 4 is 11.8 Å². The van der Waals surface area contributed by atoms with Crippen LogP contribution in [0.1, 0.15) is 36.8 Å². The van der Waals surface area contributed by atoms with Gasteiger partial charge in [0.25, 0.3) is 0 Å². The van der Waals surface area contributed by atoms with Crippen LogP contribution in [-0.4, -0.2) is 56.1 Å². The number of piperidine rings is 1. The summed E-state index contributed by atoms with van der Waals surface area (Å²) in [5.74, 6) is 0.0196. The lowest BCUT2D eigenvalue weighted by atomic mass is 9.79. The molecule has 0 saturated carbocycles. The summed E-state index contributed by atoms with van der Waals surface area (Å²) < 4.78 is 5.43. The molecule has 0 radical (unpaired) electrons. The number of likely N-dealkylation sites (tertiary alicyclic amines) is 1. The normalized spacial score (nSPS) is 22.1. The van der Waals surface area contributed by atoms with Gasteiger partial charge in [-0.15, -0.1) is 0 Å². The molecule has 6 nitrogen and oxygen atoms in total. The molecule has 1 unspecified atom stereocenters. The molecular weight excluding hydrogens is 342 g/mol. The van der Waals surface area contributed by atoms with Crippen molar-refractivity contribution in [3.05, 3.63) is 35.4 Å². The van der Waals surface area contributed by atoms with E-state index in [4.69, 9.17) is 4.74 Å². The average Bonchev–Trinajstić information content (AvgIpc) is 3.03. The van der Waals surface area contributed by atoms with Crippen LogP contribution in [0.15, 0.2) is 24.3 Å². The molecule has 2 saturated heterocycles. The van der Waals surface area contributed by atoms with E-state index in [9.17, 15) is 9.59 Å². The van der Waals surface area contributed by atoms with Gasteiger partial charge in [-0.25, -0.2) is 0 Å². The lowest BCUT2D eigenvalue weighted by Crippen LogP contribution is -2.51. The number of hydrogen-bond donors (Lipinski definition) is 2. The number of carbonyl (C=O) groups is 2. The Bertz CT molecular complexity index is 648. The maximum atomic E-state index is 12.9. The van der Waals surface area contributed by atoms with Gasteiger partial charge in [-0.05, 0) is 44.8 Å². The molecule has 2 aliphatic heterocycles. The molecule has 2 aliphatic rings. The largest absolute Gasteiger partial charge is 0.384 e. The second-order valence-corrected chi connectivity index (χ2v) is 7.96. The zero-order valence-corrected chi connectivity index (χ0v) is 16.4. The van der Waals surface area contributed by atoms with E-state index in [1.54, 1.807) is 12.0 Å². The standard InChI is InChI=1S/C21H31N3O3/c1-16-3-5-17(6-4-16)13-24-18(7-8-19(24)25)20(26)23-14-21(15-27-2)9-11-22-12-10-21/h3-6,18,22H,7-15H2,1-2H3,(H,23,26). The maximum absolute atomic E-state index is 12.9. The molecule has 2 fully saturated rings. The van der Waals surface area contributed by atoms with Gasteiger partial charge < -0.3 is 20.3 Å². The predicted octanol–water partition coefficient (Wildman–Crippen LogP) is 1.62. The van der Waals surface area contributed by atoms with E-state index in [2.05, 4.69) is 10.6 Å². The number of nitrogens with zero attached hydrogens (tertiary/aromatic N) is 1. The number of amides is 2. The monoisotopic (exact) mass is 373 g/mol. The van der Waals surface area contributed by atoms with Crippen LogP contribution >= 0.6 is 0 Å². The third kappa shape index (κ3) is 4.87. The maximum Gasteiger partial charge on any atom is 0.242 e. The Morgan fingerprint density at radius 3 is 2.67 bits per heavy atom. The summed E-state index contributed by atoms with van der Waals surface area (Å²) >= 11 is 0.